The smallest absolute Gasteiger partial charge is 0.277 e. The average molecular weight is 405 g/mol. The monoisotopic (exact) mass is 404 g/mol. The Balaban J connectivity index is 1.49. The molecule has 140 valence electrons. The summed E-state index contributed by atoms with van der Waals surface area (Å²) in [6.07, 6.45) is 0.836. The highest BCUT2D eigenvalue weighted by atomic mass is 35.5. The maximum absolute atomic E-state index is 6.34. The predicted molar refractivity (Wildman–Crippen MR) is 103 cm³/mol. The van der Waals surface area contributed by atoms with Crippen molar-refractivity contribution >= 4 is 23.4 Å². The van der Waals surface area contributed by atoms with Crippen molar-refractivity contribution < 1.29 is 18.6 Å². The molecule has 1 aliphatic heterocycles. The van der Waals surface area contributed by atoms with E-state index in [2.05, 4.69) is 10.2 Å². The number of nitrogens with zero attached hydrogens (tertiary/aromatic N) is 2. The van der Waals surface area contributed by atoms with Crippen LogP contribution < -0.4 is 14.2 Å². The number of methoxy groups -OCH3 is 1. The lowest BCUT2D eigenvalue weighted by Crippen LogP contribution is -1.97. The number of ether oxygens (including phenoxy) is 3. The molecule has 0 fully saturated rings. The lowest BCUT2D eigenvalue weighted by molar-refractivity contribution is 0.297. The van der Waals surface area contributed by atoms with E-state index in [0.29, 0.717) is 52.4 Å². The molecule has 8 heteroatoms. The maximum atomic E-state index is 6.34. The first kappa shape index (κ1) is 18.0. The summed E-state index contributed by atoms with van der Waals surface area (Å²) in [5.74, 6) is 3.01. The van der Waals surface area contributed by atoms with Gasteiger partial charge in [-0.2, -0.15) is 0 Å². The van der Waals surface area contributed by atoms with E-state index < -0.39 is 0 Å². The minimum Gasteiger partial charge on any atom is -0.496 e. The van der Waals surface area contributed by atoms with Crippen LogP contribution in [0.2, 0.25) is 5.02 Å². The molecule has 1 aromatic heterocycles. The van der Waals surface area contributed by atoms with E-state index >= 15 is 0 Å². The number of rotatable bonds is 5. The molecule has 0 saturated heterocycles. The van der Waals surface area contributed by atoms with Crippen molar-refractivity contribution in [2.45, 2.75) is 17.4 Å². The van der Waals surface area contributed by atoms with Crippen LogP contribution in [0, 0.1) is 0 Å². The standard InChI is InChI=1S/C19H17ClN2O4S/c1-23-15-6-3-2-5-13(15)18-21-22-19(26-18)27-11-12-9-14(20)17-16(10-12)24-7-4-8-25-17/h2-3,5-6,9-10H,4,7-8,11H2,1H3. The SMILES string of the molecule is COc1ccccc1-c1nnc(SCc2cc(Cl)c3c(c2)OCCCO3)o1. The van der Waals surface area contributed by atoms with Gasteiger partial charge >= 0.3 is 0 Å². The summed E-state index contributed by atoms with van der Waals surface area (Å²) in [5.41, 5.74) is 1.75. The zero-order chi connectivity index (χ0) is 18.6. The highest BCUT2D eigenvalue weighted by molar-refractivity contribution is 7.98. The molecule has 0 N–H and O–H groups in total. The van der Waals surface area contributed by atoms with E-state index in [4.69, 9.17) is 30.2 Å². The van der Waals surface area contributed by atoms with E-state index in [0.717, 1.165) is 17.5 Å². The van der Waals surface area contributed by atoms with Crippen molar-refractivity contribution in [2.24, 2.45) is 0 Å². The zero-order valence-corrected chi connectivity index (χ0v) is 16.2. The zero-order valence-electron chi connectivity index (χ0n) is 14.6. The van der Waals surface area contributed by atoms with Gasteiger partial charge < -0.3 is 18.6 Å². The summed E-state index contributed by atoms with van der Waals surface area (Å²) in [6, 6.07) is 11.3. The van der Waals surface area contributed by atoms with Gasteiger partial charge in [-0.25, -0.2) is 0 Å². The molecule has 4 rings (SSSR count). The summed E-state index contributed by atoms with van der Waals surface area (Å²) >= 11 is 7.77. The van der Waals surface area contributed by atoms with Crippen LogP contribution in [0.15, 0.2) is 46.0 Å². The minimum atomic E-state index is 0.423. The fraction of sp³-hybridized carbons (Fsp3) is 0.263. The Morgan fingerprint density at radius 3 is 2.89 bits per heavy atom. The van der Waals surface area contributed by atoms with Crippen molar-refractivity contribution in [1.82, 2.24) is 10.2 Å². The molecule has 1 aliphatic rings. The number of para-hydroxylation sites is 1. The molecule has 3 aromatic rings. The van der Waals surface area contributed by atoms with Gasteiger partial charge in [0.2, 0.25) is 0 Å². The van der Waals surface area contributed by atoms with Crippen molar-refractivity contribution in [2.75, 3.05) is 20.3 Å². The van der Waals surface area contributed by atoms with Gasteiger partial charge in [-0.15, -0.1) is 10.2 Å². The summed E-state index contributed by atoms with van der Waals surface area (Å²) < 4.78 is 22.5. The molecule has 2 aromatic carbocycles. The van der Waals surface area contributed by atoms with Gasteiger partial charge in [0.1, 0.15) is 5.75 Å². The Morgan fingerprint density at radius 1 is 1.15 bits per heavy atom. The van der Waals surface area contributed by atoms with Crippen LogP contribution in [0.5, 0.6) is 17.2 Å². The number of halogens is 1. The number of hydrogen-bond donors (Lipinski definition) is 0. The average Bonchev–Trinajstić information content (AvgIpc) is 3.03. The summed E-state index contributed by atoms with van der Waals surface area (Å²) in [7, 11) is 1.61. The lowest BCUT2D eigenvalue weighted by atomic mass is 10.2. The number of hydrogen-bond acceptors (Lipinski definition) is 7. The van der Waals surface area contributed by atoms with Crippen LogP contribution in [-0.4, -0.2) is 30.5 Å². The summed E-state index contributed by atoms with van der Waals surface area (Å²) in [4.78, 5) is 0. The van der Waals surface area contributed by atoms with Gasteiger partial charge in [0.15, 0.2) is 11.5 Å². The van der Waals surface area contributed by atoms with E-state index in [1.165, 1.54) is 11.8 Å². The molecule has 0 bridgehead atoms. The molecule has 0 unspecified atom stereocenters. The van der Waals surface area contributed by atoms with Crippen LogP contribution in [0.3, 0.4) is 0 Å². The Morgan fingerprint density at radius 2 is 2.00 bits per heavy atom. The molecule has 2 heterocycles. The van der Waals surface area contributed by atoms with Gasteiger partial charge in [0.25, 0.3) is 11.1 Å². The third-order valence-electron chi connectivity index (χ3n) is 3.97. The Labute approximate surface area is 165 Å². The molecule has 0 atom stereocenters. The fourth-order valence-corrected chi connectivity index (χ4v) is 3.69. The van der Waals surface area contributed by atoms with Gasteiger partial charge in [-0.05, 0) is 29.8 Å². The summed E-state index contributed by atoms with van der Waals surface area (Å²) in [6.45, 7) is 1.22. The van der Waals surface area contributed by atoms with E-state index in [9.17, 15) is 0 Å². The minimum absolute atomic E-state index is 0.423. The fourth-order valence-electron chi connectivity index (χ4n) is 2.71. The van der Waals surface area contributed by atoms with E-state index in [1.807, 2.05) is 36.4 Å². The number of thioether (sulfide) groups is 1. The second-order valence-corrected chi connectivity index (χ2v) is 7.15. The van der Waals surface area contributed by atoms with Crippen LogP contribution in [0.25, 0.3) is 11.5 Å². The highest BCUT2D eigenvalue weighted by Gasteiger charge is 2.17. The van der Waals surface area contributed by atoms with Crippen LogP contribution in [-0.2, 0) is 5.75 Å². The molecule has 27 heavy (non-hydrogen) atoms. The second kappa shape index (κ2) is 8.10. The Bertz CT molecular complexity index is 947. The van der Waals surface area contributed by atoms with E-state index in [1.54, 1.807) is 7.11 Å². The van der Waals surface area contributed by atoms with E-state index in [-0.39, 0.29) is 0 Å². The van der Waals surface area contributed by atoms with Gasteiger partial charge in [-0.3, -0.25) is 0 Å². The summed E-state index contributed by atoms with van der Waals surface area (Å²) in [5, 5.41) is 9.25. The maximum Gasteiger partial charge on any atom is 0.277 e. The first-order valence-corrected chi connectivity index (χ1v) is 9.78. The first-order valence-electron chi connectivity index (χ1n) is 8.42. The molecule has 0 aliphatic carbocycles. The molecular formula is C19H17ClN2O4S. The highest BCUT2D eigenvalue weighted by Crippen LogP contribution is 2.39. The van der Waals surface area contributed by atoms with Crippen molar-refractivity contribution in [3.05, 3.63) is 47.0 Å². The van der Waals surface area contributed by atoms with Crippen molar-refractivity contribution in [1.29, 1.82) is 0 Å². The van der Waals surface area contributed by atoms with Crippen molar-refractivity contribution in [3.63, 3.8) is 0 Å². The van der Waals surface area contributed by atoms with Gasteiger partial charge in [0, 0.05) is 12.2 Å². The molecule has 6 nitrogen and oxygen atoms in total. The lowest BCUT2D eigenvalue weighted by Gasteiger charge is -2.11. The molecule has 0 spiro atoms. The normalized spacial score (nSPS) is 13.3. The topological polar surface area (TPSA) is 66.6 Å². The molecule has 0 saturated carbocycles. The molecule has 0 amide bonds. The largest absolute Gasteiger partial charge is 0.496 e. The number of aromatic nitrogens is 2. The molecule has 0 radical (unpaired) electrons. The first-order chi connectivity index (χ1) is 13.2. The Hall–Kier alpha value is -2.38. The van der Waals surface area contributed by atoms with Gasteiger partial charge in [-0.1, -0.05) is 35.5 Å². The number of benzene rings is 2. The predicted octanol–water partition coefficient (Wildman–Crippen LogP) is 4.85. The third kappa shape index (κ3) is 3.99. The number of fused-ring (bicyclic) bond motifs is 1. The van der Waals surface area contributed by atoms with Gasteiger partial charge in [0.05, 0.1) is 30.9 Å². The third-order valence-corrected chi connectivity index (χ3v) is 5.14. The second-order valence-electron chi connectivity index (χ2n) is 5.82. The van der Waals surface area contributed by atoms with Crippen LogP contribution in [0.1, 0.15) is 12.0 Å². The Kier molecular flexibility index (Phi) is 5.40. The quantitative estimate of drug-likeness (QED) is 0.563. The van der Waals surface area contributed by atoms with Crippen molar-refractivity contribution in [3.8, 4) is 28.7 Å². The molecular weight excluding hydrogens is 388 g/mol. The van der Waals surface area contributed by atoms with Crippen LogP contribution in [0.4, 0.5) is 0 Å². The van der Waals surface area contributed by atoms with Crippen LogP contribution >= 0.6 is 23.4 Å².